The number of hydrogen-bond acceptors (Lipinski definition) is 5. The molecule has 0 spiro atoms. The number of aromatic nitrogens is 2. The summed E-state index contributed by atoms with van der Waals surface area (Å²) in [4.78, 5) is 4.81. The molecule has 4 rings (SSSR count). The molecular weight excluding hydrogens is 370 g/mol. The molecule has 0 bridgehead atoms. The van der Waals surface area contributed by atoms with Crippen molar-refractivity contribution in [3.63, 3.8) is 0 Å². The van der Waals surface area contributed by atoms with E-state index in [4.69, 9.17) is 0 Å². The Bertz CT molecular complexity index is 1060. The predicted molar refractivity (Wildman–Crippen MR) is 127 cm³/mol. The molecule has 2 heterocycles. The lowest BCUT2D eigenvalue weighted by atomic mass is 9.98. The third kappa shape index (κ3) is 3.86. The van der Waals surface area contributed by atoms with Crippen LogP contribution in [0.3, 0.4) is 0 Å². The van der Waals surface area contributed by atoms with Gasteiger partial charge in [0.1, 0.15) is 0 Å². The second kappa shape index (κ2) is 8.23. The summed E-state index contributed by atoms with van der Waals surface area (Å²) >= 11 is 0. The van der Waals surface area contributed by atoms with Crippen LogP contribution in [-0.2, 0) is 0 Å². The van der Waals surface area contributed by atoms with Crippen LogP contribution in [0, 0.1) is 20.8 Å². The van der Waals surface area contributed by atoms with Crippen molar-refractivity contribution in [2.45, 2.75) is 46.2 Å². The average Bonchev–Trinajstić information content (AvgIpc) is 3.22. The number of nitrogens with one attached hydrogen (secondary N) is 1. The van der Waals surface area contributed by atoms with Gasteiger partial charge in [0.15, 0.2) is 5.82 Å². The van der Waals surface area contributed by atoms with Gasteiger partial charge in [0.25, 0.3) is 0 Å². The van der Waals surface area contributed by atoms with Crippen LogP contribution in [-0.4, -0.2) is 48.3 Å². The topological polar surface area (TPSA) is 44.3 Å². The van der Waals surface area contributed by atoms with Crippen LogP contribution in [0.15, 0.2) is 36.4 Å². The molecule has 158 valence electrons. The lowest BCUT2D eigenvalue weighted by Crippen LogP contribution is -2.31. The van der Waals surface area contributed by atoms with E-state index in [1.54, 1.807) is 0 Å². The van der Waals surface area contributed by atoms with E-state index in [9.17, 15) is 0 Å². The zero-order valence-electron chi connectivity index (χ0n) is 19.0. The van der Waals surface area contributed by atoms with Crippen LogP contribution in [0.5, 0.6) is 0 Å². The highest BCUT2D eigenvalue weighted by Crippen LogP contribution is 2.32. The fourth-order valence-corrected chi connectivity index (χ4v) is 4.50. The van der Waals surface area contributed by atoms with Crippen molar-refractivity contribution in [3.8, 4) is 0 Å². The molecule has 1 aliphatic rings. The number of anilines is 2. The molecule has 1 fully saturated rings. The number of nitrogens with zero attached hydrogens (tertiary/aromatic N) is 4. The molecular formula is C25H33N5. The van der Waals surface area contributed by atoms with Gasteiger partial charge in [-0.05, 0) is 77.0 Å². The minimum atomic E-state index is 0.152. The lowest BCUT2D eigenvalue weighted by molar-refractivity contribution is 0.315. The third-order valence-electron chi connectivity index (χ3n) is 6.67. The van der Waals surface area contributed by atoms with E-state index >= 15 is 0 Å². The summed E-state index contributed by atoms with van der Waals surface area (Å²) in [6, 6.07) is 14.0. The highest BCUT2D eigenvalue weighted by Gasteiger charge is 2.24. The maximum atomic E-state index is 4.55. The van der Waals surface area contributed by atoms with Gasteiger partial charge in [0, 0.05) is 35.6 Å². The number of aryl methyl sites for hydroxylation is 2. The van der Waals surface area contributed by atoms with Crippen molar-refractivity contribution in [2.75, 3.05) is 37.4 Å². The van der Waals surface area contributed by atoms with E-state index in [1.165, 1.54) is 28.8 Å². The SMILES string of the molecule is Cc1cccc([C@@H](C)Nc2nnc(C)c3ccc(N4CC[C@@H](N(C)C)C4)cc23)c1C. The smallest absolute Gasteiger partial charge is 0.157 e. The largest absolute Gasteiger partial charge is 0.370 e. The van der Waals surface area contributed by atoms with Crippen molar-refractivity contribution in [1.82, 2.24) is 15.1 Å². The predicted octanol–water partition coefficient (Wildman–Crippen LogP) is 4.87. The highest BCUT2D eigenvalue weighted by atomic mass is 15.2. The summed E-state index contributed by atoms with van der Waals surface area (Å²) in [7, 11) is 4.34. The molecule has 3 aromatic rings. The van der Waals surface area contributed by atoms with Gasteiger partial charge in [-0.3, -0.25) is 0 Å². The molecule has 5 nitrogen and oxygen atoms in total. The van der Waals surface area contributed by atoms with Gasteiger partial charge in [-0.15, -0.1) is 5.10 Å². The lowest BCUT2D eigenvalue weighted by Gasteiger charge is -2.23. The number of rotatable bonds is 5. The second-order valence-electron chi connectivity index (χ2n) is 8.87. The van der Waals surface area contributed by atoms with Crippen LogP contribution >= 0.6 is 0 Å². The summed E-state index contributed by atoms with van der Waals surface area (Å²) in [5.41, 5.74) is 6.17. The van der Waals surface area contributed by atoms with E-state index < -0.39 is 0 Å². The van der Waals surface area contributed by atoms with Gasteiger partial charge in [-0.1, -0.05) is 24.3 Å². The molecule has 1 N–H and O–H groups in total. The first kappa shape index (κ1) is 20.6. The average molecular weight is 404 g/mol. The minimum absolute atomic E-state index is 0.152. The van der Waals surface area contributed by atoms with E-state index in [-0.39, 0.29) is 6.04 Å². The molecule has 2 aromatic carbocycles. The van der Waals surface area contributed by atoms with Crippen LogP contribution in [0.25, 0.3) is 10.8 Å². The first-order chi connectivity index (χ1) is 14.3. The number of fused-ring (bicyclic) bond motifs is 1. The van der Waals surface area contributed by atoms with E-state index in [0.717, 1.165) is 35.4 Å². The Balaban J connectivity index is 1.68. The summed E-state index contributed by atoms with van der Waals surface area (Å²) in [6.45, 7) is 10.7. The number of hydrogen-bond donors (Lipinski definition) is 1. The van der Waals surface area contributed by atoms with Crippen molar-refractivity contribution in [3.05, 3.63) is 58.8 Å². The first-order valence-corrected chi connectivity index (χ1v) is 10.9. The maximum Gasteiger partial charge on any atom is 0.157 e. The fourth-order valence-electron chi connectivity index (χ4n) is 4.50. The zero-order chi connectivity index (χ0) is 21.4. The third-order valence-corrected chi connectivity index (χ3v) is 6.67. The Kier molecular flexibility index (Phi) is 5.65. The van der Waals surface area contributed by atoms with E-state index in [0.29, 0.717) is 6.04 Å². The summed E-state index contributed by atoms with van der Waals surface area (Å²) in [5.74, 6) is 0.856. The quantitative estimate of drug-likeness (QED) is 0.658. The van der Waals surface area contributed by atoms with Crippen molar-refractivity contribution >= 4 is 22.3 Å². The standard InChI is InChI=1S/C25H33N5/c1-16-8-7-9-22(17(16)2)18(3)26-25-24-14-20(10-11-23(24)19(4)27-28-25)30-13-12-21(15-30)29(5)6/h7-11,14,18,21H,12-13,15H2,1-6H3,(H,26,28)/t18-,21-/m1/s1. The van der Waals surface area contributed by atoms with Crippen molar-refractivity contribution in [1.29, 1.82) is 0 Å². The van der Waals surface area contributed by atoms with Crippen LogP contribution in [0.4, 0.5) is 11.5 Å². The fraction of sp³-hybridized carbons (Fsp3) is 0.440. The Hall–Kier alpha value is -2.66. The molecule has 1 aliphatic heterocycles. The van der Waals surface area contributed by atoms with Gasteiger partial charge in [-0.2, -0.15) is 5.10 Å². The van der Waals surface area contributed by atoms with Gasteiger partial charge < -0.3 is 15.1 Å². The van der Waals surface area contributed by atoms with E-state index in [1.807, 2.05) is 6.92 Å². The molecule has 0 unspecified atom stereocenters. The zero-order valence-corrected chi connectivity index (χ0v) is 19.0. The van der Waals surface area contributed by atoms with Crippen molar-refractivity contribution in [2.24, 2.45) is 0 Å². The molecule has 1 aromatic heterocycles. The van der Waals surface area contributed by atoms with Crippen LogP contribution < -0.4 is 10.2 Å². The Labute approximate surface area is 180 Å². The molecule has 0 radical (unpaired) electrons. The molecule has 30 heavy (non-hydrogen) atoms. The Morgan fingerprint density at radius 2 is 1.87 bits per heavy atom. The van der Waals surface area contributed by atoms with Crippen molar-refractivity contribution < 1.29 is 0 Å². The van der Waals surface area contributed by atoms with E-state index in [2.05, 4.69) is 96.6 Å². The van der Waals surface area contributed by atoms with Gasteiger partial charge in [0.2, 0.25) is 0 Å². The summed E-state index contributed by atoms with van der Waals surface area (Å²) < 4.78 is 0. The van der Waals surface area contributed by atoms with Gasteiger partial charge in [-0.25, -0.2) is 0 Å². The molecule has 1 saturated heterocycles. The number of likely N-dealkylation sites (N-methyl/N-ethyl adjacent to an activating group) is 1. The Morgan fingerprint density at radius 1 is 1.07 bits per heavy atom. The van der Waals surface area contributed by atoms with Crippen LogP contribution in [0.2, 0.25) is 0 Å². The maximum absolute atomic E-state index is 4.55. The highest BCUT2D eigenvalue weighted by molar-refractivity contribution is 5.95. The normalized spacial score (nSPS) is 17.7. The molecule has 5 heteroatoms. The van der Waals surface area contributed by atoms with Gasteiger partial charge >= 0.3 is 0 Å². The molecule has 0 saturated carbocycles. The number of benzene rings is 2. The molecule has 2 atom stereocenters. The molecule has 0 amide bonds. The van der Waals surface area contributed by atoms with Crippen LogP contribution in [0.1, 0.15) is 41.8 Å². The summed E-state index contributed by atoms with van der Waals surface area (Å²) in [6.07, 6.45) is 1.20. The summed E-state index contributed by atoms with van der Waals surface area (Å²) in [5, 5.41) is 14.9. The Morgan fingerprint density at radius 3 is 2.60 bits per heavy atom. The molecule has 0 aliphatic carbocycles. The monoisotopic (exact) mass is 403 g/mol. The van der Waals surface area contributed by atoms with Gasteiger partial charge in [0.05, 0.1) is 11.7 Å². The first-order valence-electron chi connectivity index (χ1n) is 10.9. The minimum Gasteiger partial charge on any atom is -0.370 e. The second-order valence-corrected chi connectivity index (χ2v) is 8.87.